The van der Waals surface area contributed by atoms with E-state index in [0.717, 1.165) is 38.0 Å². The highest BCUT2D eigenvalue weighted by Crippen LogP contribution is 2.38. The quantitative estimate of drug-likeness (QED) is 0.397. The molecule has 0 amide bonds. The second-order valence-corrected chi connectivity index (χ2v) is 6.71. The van der Waals surface area contributed by atoms with Crippen LogP contribution in [0.4, 0.5) is 11.4 Å². The number of aromatic nitrogens is 3. The lowest BCUT2D eigenvalue weighted by atomic mass is 10.0. The fourth-order valence-corrected chi connectivity index (χ4v) is 3.55. The molecule has 0 atom stereocenters. The lowest BCUT2D eigenvalue weighted by Crippen LogP contribution is -1.97. The zero-order valence-electron chi connectivity index (χ0n) is 15.5. The molecule has 0 saturated heterocycles. The minimum absolute atomic E-state index is 0.583. The minimum atomic E-state index is 0.583. The summed E-state index contributed by atoms with van der Waals surface area (Å²) in [6.07, 6.45) is 7.08. The fourth-order valence-electron chi connectivity index (χ4n) is 3.55. The maximum Gasteiger partial charge on any atom is 0.264 e. The van der Waals surface area contributed by atoms with Crippen LogP contribution in [0.2, 0.25) is 0 Å². The summed E-state index contributed by atoms with van der Waals surface area (Å²) in [4.78, 5) is 24.7. The molecule has 138 valence electrons. The van der Waals surface area contributed by atoms with Crippen LogP contribution in [0.3, 0.4) is 0 Å². The number of aromatic amines is 1. The van der Waals surface area contributed by atoms with Gasteiger partial charge in [0.15, 0.2) is 0 Å². The van der Waals surface area contributed by atoms with Gasteiger partial charge in [-0.05, 0) is 30.3 Å². The molecule has 5 aromatic rings. The van der Waals surface area contributed by atoms with E-state index in [1.165, 1.54) is 0 Å². The number of H-pyrrole nitrogens is 1. The zero-order valence-corrected chi connectivity index (χ0v) is 15.5. The Bertz CT molecular complexity index is 1300. The molecule has 1 N–H and O–H groups in total. The smallest absolute Gasteiger partial charge is 0.264 e. The van der Waals surface area contributed by atoms with Gasteiger partial charge in [-0.2, -0.15) is 0 Å². The van der Waals surface area contributed by atoms with Gasteiger partial charge in [0, 0.05) is 75.9 Å². The molecule has 0 aliphatic carbocycles. The minimum Gasteiger partial charge on any atom is -0.354 e. The van der Waals surface area contributed by atoms with Crippen molar-refractivity contribution in [3.63, 3.8) is 0 Å². The van der Waals surface area contributed by atoms with E-state index in [2.05, 4.69) is 15.0 Å². The number of rotatable bonds is 4. The molecule has 3 aromatic heterocycles. The Balaban J connectivity index is 1.73. The molecule has 2 aromatic carbocycles. The molecule has 0 radical (unpaired) electrons. The molecule has 0 aliphatic rings. The molecule has 0 bridgehead atoms. The molecule has 0 unspecified atom stereocenters. The van der Waals surface area contributed by atoms with Gasteiger partial charge in [-0.15, -0.1) is 0 Å². The Morgan fingerprint density at radius 1 is 0.621 bits per heavy atom. The second kappa shape index (κ2) is 7.13. The van der Waals surface area contributed by atoms with Crippen LogP contribution in [0.25, 0.3) is 33.3 Å². The predicted molar refractivity (Wildman–Crippen MR) is 116 cm³/mol. The Morgan fingerprint density at radius 3 is 1.83 bits per heavy atom. The van der Waals surface area contributed by atoms with E-state index in [-0.39, 0.29) is 0 Å². The average molecular weight is 377 g/mol. The van der Waals surface area contributed by atoms with Gasteiger partial charge >= 0.3 is 0 Å². The summed E-state index contributed by atoms with van der Waals surface area (Å²) in [5.74, 6) is 0. The lowest BCUT2D eigenvalue weighted by molar-refractivity contribution is 1.06. The van der Waals surface area contributed by atoms with E-state index in [1.54, 1.807) is 36.9 Å². The number of hydrogen-bond acceptors (Lipinski definition) is 3. The number of fused-ring (bicyclic) bond motifs is 1. The molecule has 0 saturated carbocycles. The second-order valence-electron chi connectivity index (χ2n) is 6.71. The van der Waals surface area contributed by atoms with Gasteiger partial charge in [-0.25, -0.2) is 0 Å². The molecule has 5 heteroatoms. The monoisotopic (exact) mass is 377 g/mol. The Hall–Kier alpha value is -4.12. The average Bonchev–Trinajstić information content (AvgIpc) is 3.19. The molecule has 29 heavy (non-hydrogen) atoms. The Kier molecular flexibility index (Phi) is 4.18. The first-order valence-electron chi connectivity index (χ1n) is 9.30. The number of hydrogen-bond donors (Lipinski definition) is 1. The Labute approximate surface area is 167 Å². The van der Waals surface area contributed by atoms with Crippen molar-refractivity contribution in [3.05, 3.63) is 102 Å². The van der Waals surface area contributed by atoms with Crippen LogP contribution in [0.5, 0.6) is 0 Å². The number of nitroso groups, excluding NO2 is 1. The molecular weight excluding hydrogens is 360 g/mol. The molecule has 0 fully saturated rings. The van der Waals surface area contributed by atoms with E-state index in [4.69, 9.17) is 0 Å². The van der Waals surface area contributed by atoms with Crippen molar-refractivity contribution in [2.75, 3.05) is 0 Å². The largest absolute Gasteiger partial charge is 0.354 e. The number of nitrogens with one attached hydrogen (secondary N) is 1. The summed E-state index contributed by atoms with van der Waals surface area (Å²) in [6.45, 7) is 0. The number of nitrogens with zero attached hydrogens (tertiary/aromatic N) is 3. The van der Waals surface area contributed by atoms with E-state index in [0.29, 0.717) is 11.4 Å². The molecule has 5 nitrogen and oxygen atoms in total. The van der Waals surface area contributed by atoms with Crippen LogP contribution in [0.1, 0.15) is 0 Å². The number of benzene rings is 2. The number of pyridine rings is 2. The first-order valence-corrected chi connectivity index (χ1v) is 9.30. The van der Waals surface area contributed by atoms with Crippen molar-refractivity contribution in [2.24, 2.45) is 0 Å². The standard InChI is InChI=1S/C24H17N4O/c29-28(19-4-2-1-3-5-19)20-6-7-21-22(16-20)24(18-10-14-26-15-11-18)27-23(21)17-8-12-25-13-9-17/h1-16,27H/q+1. The third-order valence-corrected chi connectivity index (χ3v) is 4.96. The van der Waals surface area contributed by atoms with Gasteiger partial charge in [0.25, 0.3) is 11.4 Å². The third kappa shape index (κ3) is 3.08. The van der Waals surface area contributed by atoms with Gasteiger partial charge in [-0.3, -0.25) is 9.97 Å². The van der Waals surface area contributed by atoms with E-state index < -0.39 is 0 Å². The summed E-state index contributed by atoms with van der Waals surface area (Å²) < 4.78 is 0.953. The highest BCUT2D eigenvalue weighted by Gasteiger charge is 2.21. The zero-order chi connectivity index (χ0) is 19.6. The van der Waals surface area contributed by atoms with Gasteiger partial charge in [0.05, 0.1) is 16.1 Å². The van der Waals surface area contributed by atoms with Gasteiger partial charge in [0.2, 0.25) is 0 Å². The van der Waals surface area contributed by atoms with Crippen molar-refractivity contribution in [2.45, 2.75) is 0 Å². The highest BCUT2D eigenvalue weighted by atomic mass is 16.3. The molecule has 0 spiro atoms. The molecule has 0 aliphatic heterocycles. The van der Waals surface area contributed by atoms with Gasteiger partial charge in [0.1, 0.15) is 0 Å². The fraction of sp³-hybridized carbons (Fsp3) is 0. The van der Waals surface area contributed by atoms with Crippen LogP contribution in [0.15, 0.2) is 97.6 Å². The van der Waals surface area contributed by atoms with Crippen LogP contribution in [-0.4, -0.2) is 15.0 Å². The van der Waals surface area contributed by atoms with Crippen molar-refractivity contribution in [1.29, 1.82) is 0 Å². The van der Waals surface area contributed by atoms with Gasteiger partial charge in [-0.1, -0.05) is 18.2 Å². The summed E-state index contributed by atoms with van der Waals surface area (Å²) in [6, 6.07) is 22.9. The third-order valence-electron chi connectivity index (χ3n) is 4.96. The van der Waals surface area contributed by atoms with Crippen molar-refractivity contribution in [3.8, 4) is 22.5 Å². The molecule has 5 rings (SSSR count). The SMILES string of the molecule is O=[N+](c1ccccc1)c1ccc2c(-c3ccncc3)[nH]c(-c3ccncc3)c2c1. The van der Waals surface area contributed by atoms with Gasteiger partial charge < -0.3 is 4.98 Å². The summed E-state index contributed by atoms with van der Waals surface area (Å²) in [5, 5.41) is 2.03. The lowest BCUT2D eigenvalue weighted by Gasteiger charge is -1.99. The van der Waals surface area contributed by atoms with Crippen molar-refractivity contribution < 1.29 is 0 Å². The van der Waals surface area contributed by atoms with Crippen LogP contribution in [0, 0.1) is 4.91 Å². The summed E-state index contributed by atoms with van der Waals surface area (Å²) in [5.41, 5.74) is 5.19. The van der Waals surface area contributed by atoms with E-state index in [9.17, 15) is 4.91 Å². The van der Waals surface area contributed by atoms with Crippen molar-refractivity contribution >= 4 is 22.1 Å². The maximum absolute atomic E-state index is 12.9. The summed E-state index contributed by atoms with van der Waals surface area (Å²) >= 11 is 0. The van der Waals surface area contributed by atoms with Crippen LogP contribution < -0.4 is 4.76 Å². The summed E-state index contributed by atoms with van der Waals surface area (Å²) in [7, 11) is 0. The number of para-hydroxylation sites is 1. The highest BCUT2D eigenvalue weighted by molar-refractivity contribution is 6.05. The van der Waals surface area contributed by atoms with E-state index in [1.807, 2.05) is 60.7 Å². The molecular formula is C24H17N4O+. The maximum atomic E-state index is 12.9. The van der Waals surface area contributed by atoms with Crippen molar-refractivity contribution in [1.82, 2.24) is 19.7 Å². The Morgan fingerprint density at radius 2 is 1.21 bits per heavy atom. The first-order chi connectivity index (χ1) is 14.3. The molecule has 3 heterocycles. The normalized spacial score (nSPS) is 10.9. The van der Waals surface area contributed by atoms with Crippen LogP contribution >= 0.6 is 0 Å². The van der Waals surface area contributed by atoms with Crippen LogP contribution in [-0.2, 0) is 0 Å². The predicted octanol–water partition coefficient (Wildman–Crippen LogP) is 5.89. The first kappa shape index (κ1) is 17.0. The topological polar surface area (TPSA) is 61.6 Å². The van der Waals surface area contributed by atoms with E-state index >= 15 is 0 Å².